The molecule has 0 aliphatic heterocycles. The van der Waals surface area contributed by atoms with Gasteiger partial charge in [0.1, 0.15) is 0 Å². The van der Waals surface area contributed by atoms with Crippen LogP contribution in [0, 0.1) is 0 Å². The lowest BCUT2D eigenvalue weighted by atomic mass is 10.2. The van der Waals surface area contributed by atoms with E-state index in [1.807, 2.05) is 0 Å². The van der Waals surface area contributed by atoms with Gasteiger partial charge >= 0.3 is 0 Å². The zero-order valence-corrected chi connectivity index (χ0v) is 9.30. The zero-order chi connectivity index (χ0) is 10.1. The van der Waals surface area contributed by atoms with Crippen molar-refractivity contribution in [2.24, 2.45) is 0 Å². The molecule has 0 aromatic heterocycles. The minimum atomic E-state index is 0.274. The molecule has 0 radical (unpaired) electrons. The monoisotopic (exact) mass is 189 g/mol. The number of ether oxygens (including phenoxy) is 2. The fraction of sp³-hybridized carbons (Fsp3) is 1.00. The molecule has 0 aliphatic carbocycles. The van der Waals surface area contributed by atoms with Crippen LogP contribution in [0.25, 0.3) is 0 Å². The summed E-state index contributed by atoms with van der Waals surface area (Å²) >= 11 is 0. The molecule has 0 saturated heterocycles. The lowest BCUT2D eigenvalue weighted by molar-refractivity contribution is 0.103. The molecule has 0 bridgehead atoms. The third-order valence-corrected chi connectivity index (χ3v) is 2.10. The van der Waals surface area contributed by atoms with Crippen LogP contribution in [0.3, 0.4) is 0 Å². The minimum absolute atomic E-state index is 0.274. The molecule has 0 spiro atoms. The van der Waals surface area contributed by atoms with Crippen LogP contribution in [0.5, 0.6) is 0 Å². The number of methoxy groups -OCH3 is 2. The molecule has 1 N–H and O–H groups in total. The predicted octanol–water partition coefficient (Wildman–Crippen LogP) is 1.43. The highest BCUT2D eigenvalue weighted by Crippen LogP contribution is 1.97. The van der Waals surface area contributed by atoms with E-state index in [-0.39, 0.29) is 6.10 Å². The summed E-state index contributed by atoms with van der Waals surface area (Å²) in [5, 5.41) is 3.42. The molecule has 2 atom stereocenters. The van der Waals surface area contributed by atoms with E-state index in [1.54, 1.807) is 14.2 Å². The summed E-state index contributed by atoms with van der Waals surface area (Å²) < 4.78 is 10.3. The Kier molecular flexibility index (Phi) is 8.40. The maximum Gasteiger partial charge on any atom is 0.0667 e. The fourth-order valence-corrected chi connectivity index (χ4v) is 1.21. The highest BCUT2D eigenvalue weighted by Gasteiger charge is 2.07. The van der Waals surface area contributed by atoms with Crippen LogP contribution in [0.2, 0.25) is 0 Å². The topological polar surface area (TPSA) is 30.5 Å². The van der Waals surface area contributed by atoms with Crippen LogP contribution in [0.15, 0.2) is 0 Å². The molecular weight excluding hydrogens is 166 g/mol. The smallest absolute Gasteiger partial charge is 0.0667 e. The van der Waals surface area contributed by atoms with Crippen LogP contribution in [-0.4, -0.2) is 39.5 Å². The van der Waals surface area contributed by atoms with Crippen molar-refractivity contribution in [1.29, 1.82) is 0 Å². The summed E-state index contributed by atoms with van der Waals surface area (Å²) in [7, 11) is 3.47. The van der Waals surface area contributed by atoms with E-state index in [0.29, 0.717) is 6.04 Å². The Bertz CT molecular complexity index is 103. The molecule has 0 amide bonds. The second-order valence-corrected chi connectivity index (χ2v) is 3.40. The second kappa shape index (κ2) is 8.48. The van der Waals surface area contributed by atoms with Gasteiger partial charge in [-0.05, 0) is 13.3 Å². The fourth-order valence-electron chi connectivity index (χ4n) is 1.21. The van der Waals surface area contributed by atoms with Gasteiger partial charge in [0.25, 0.3) is 0 Å². The van der Waals surface area contributed by atoms with Gasteiger partial charge in [-0.15, -0.1) is 0 Å². The summed E-state index contributed by atoms with van der Waals surface area (Å²) in [6.07, 6.45) is 2.61. The molecule has 0 saturated carbocycles. The number of nitrogens with one attached hydrogen (secondary N) is 1. The van der Waals surface area contributed by atoms with Crippen LogP contribution in [0.4, 0.5) is 0 Å². The Morgan fingerprint density at radius 1 is 1.31 bits per heavy atom. The summed E-state index contributed by atoms with van der Waals surface area (Å²) in [4.78, 5) is 0. The maximum atomic E-state index is 5.15. The minimum Gasteiger partial charge on any atom is -0.383 e. The van der Waals surface area contributed by atoms with E-state index in [2.05, 4.69) is 19.2 Å². The van der Waals surface area contributed by atoms with Crippen molar-refractivity contribution in [2.45, 2.75) is 38.8 Å². The molecule has 3 heteroatoms. The van der Waals surface area contributed by atoms with Crippen molar-refractivity contribution in [3.05, 3.63) is 0 Å². The summed E-state index contributed by atoms with van der Waals surface area (Å²) in [5.41, 5.74) is 0. The maximum absolute atomic E-state index is 5.15. The SMILES string of the molecule is CCCC(COC)NCC(C)OC. The molecular formula is C10H23NO2. The first-order valence-electron chi connectivity index (χ1n) is 4.99. The Balaban J connectivity index is 3.55. The molecule has 13 heavy (non-hydrogen) atoms. The van der Waals surface area contributed by atoms with Gasteiger partial charge in [-0.2, -0.15) is 0 Å². The van der Waals surface area contributed by atoms with E-state index in [0.717, 1.165) is 19.6 Å². The van der Waals surface area contributed by atoms with E-state index in [9.17, 15) is 0 Å². The molecule has 0 fully saturated rings. The molecule has 80 valence electrons. The number of hydrogen-bond donors (Lipinski definition) is 1. The van der Waals surface area contributed by atoms with Crippen molar-refractivity contribution in [3.8, 4) is 0 Å². The largest absolute Gasteiger partial charge is 0.383 e. The Morgan fingerprint density at radius 2 is 2.00 bits per heavy atom. The van der Waals surface area contributed by atoms with Crippen LogP contribution in [-0.2, 0) is 9.47 Å². The summed E-state index contributed by atoms with van der Waals surface area (Å²) in [5.74, 6) is 0. The van der Waals surface area contributed by atoms with Crippen molar-refractivity contribution in [3.63, 3.8) is 0 Å². The van der Waals surface area contributed by atoms with Crippen molar-refractivity contribution in [1.82, 2.24) is 5.32 Å². The van der Waals surface area contributed by atoms with Gasteiger partial charge in [0.15, 0.2) is 0 Å². The first-order chi connectivity index (χ1) is 6.24. The Morgan fingerprint density at radius 3 is 2.46 bits per heavy atom. The van der Waals surface area contributed by atoms with Crippen molar-refractivity contribution in [2.75, 3.05) is 27.4 Å². The van der Waals surface area contributed by atoms with Gasteiger partial charge in [-0.3, -0.25) is 0 Å². The van der Waals surface area contributed by atoms with Crippen molar-refractivity contribution >= 4 is 0 Å². The van der Waals surface area contributed by atoms with Gasteiger partial charge in [-0.1, -0.05) is 13.3 Å². The molecule has 3 nitrogen and oxygen atoms in total. The second-order valence-electron chi connectivity index (χ2n) is 3.40. The van der Waals surface area contributed by atoms with Gasteiger partial charge in [0.2, 0.25) is 0 Å². The number of rotatable bonds is 8. The molecule has 0 aromatic rings. The van der Waals surface area contributed by atoms with Gasteiger partial charge in [-0.25, -0.2) is 0 Å². The summed E-state index contributed by atoms with van der Waals surface area (Å²) in [6.45, 7) is 5.92. The lowest BCUT2D eigenvalue weighted by Crippen LogP contribution is -2.38. The number of hydrogen-bond acceptors (Lipinski definition) is 3. The average Bonchev–Trinajstić information content (AvgIpc) is 2.14. The van der Waals surface area contributed by atoms with E-state index in [4.69, 9.17) is 9.47 Å². The Hall–Kier alpha value is -0.120. The van der Waals surface area contributed by atoms with Crippen LogP contribution in [0.1, 0.15) is 26.7 Å². The highest BCUT2D eigenvalue weighted by atomic mass is 16.5. The summed E-state index contributed by atoms with van der Waals surface area (Å²) in [6, 6.07) is 0.465. The van der Waals surface area contributed by atoms with E-state index >= 15 is 0 Å². The highest BCUT2D eigenvalue weighted by molar-refractivity contribution is 4.67. The zero-order valence-electron chi connectivity index (χ0n) is 9.30. The first-order valence-corrected chi connectivity index (χ1v) is 4.99. The standard InChI is InChI=1S/C10H23NO2/c1-5-6-10(8-12-3)11-7-9(2)13-4/h9-11H,5-8H2,1-4H3. The van der Waals surface area contributed by atoms with Gasteiger partial charge in [0.05, 0.1) is 12.7 Å². The van der Waals surface area contributed by atoms with Crippen LogP contribution < -0.4 is 5.32 Å². The van der Waals surface area contributed by atoms with Gasteiger partial charge in [0, 0.05) is 26.8 Å². The third-order valence-electron chi connectivity index (χ3n) is 2.10. The first kappa shape index (κ1) is 12.9. The predicted molar refractivity (Wildman–Crippen MR) is 55.0 cm³/mol. The molecule has 0 rings (SSSR count). The van der Waals surface area contributed by atoms with Gasteiger partial charge < -0.3 is 14.8 Å². The molecule has 2 unspecified atom stereocenters. The third kappa shape index (κ3) is 6.99. The Labute approximate surface area is 81.8 Å². The molecule has 0 heterocycles. The van der Waals surface area contributed by atoms with E-state index < -0.39 is 0 Å². The lowest BCUT2D eigenvalue weighted by Gasteiger charge is -2.19. The average molecular weight is 189 g/mol. The van der Waals surface area contributed by atoms with E-state index in [1.165, 1.54) is 6.42 Å². The van der Waals surface area contributed by atoms with Crippen molar-refractivity contribution < 1.29 is 9.47 Å². The molecule has 0 aromatic carbocycles. The quantitative estimate of drug-likeness (QED) is 0.626. The molecule has 0 aliphatic rings. The normalized spacial score (nSPS) is 15.7. The van der Waals surface area contributed by atoms with Crippen LogP contribution >= 0.6 is 0 Å².